The van der Waals surface area contributed by atoms with Crippen LogP contribution in [0.5, 0.6) is 17.2 Å². The van der Waals surface area contributed by atoms with Crippen LogP contribution in [0.1, 0.15) is 39.0 Å². The molecule has 1 aromatic carbocycles. The van der Waals surface area contributed by atoms with Crippen molar-refractivity contribution < 1.29 is 23.8 Å². The fourth-order valence-electron chi connectivity index (χ4n) is 5.24. The van der Waals surface area contributed by atoms with Crippen molar-refractivity contribution >= 4 is 11.8 Å². The number of fused-ring (bicyclic) bond motifs is 1. The number of amides is 2. The van der Waals surface area contributed by atoms with E-state index < -0.39 is 6.04 Å². The van der Waals surface area contributed by atoms with Crippen LogP contribution in [0.3, 0.4) is 0 Å². The largest absolute Gasteiger partial charge is 0.488 e. The summed E-state index contributed by atoms with van der Waals surface area (Å²) in [7, 11) is 0. The van der Waals surface area contributed by atoms with Gasteiger partial charge in [-0.05, 0) is 31.4 Å². The first-order valence-corrected chi connectivity index (χ1v) is 11.9. The molecule has 2 saturated heterocycles. The second kappa shape index (κ2) is 9.17. The zero-order valence-corrected chi connectivity index (χ0v) is 18.8. The molecule has 8 heteroatoms. The van der Waals surface area contributed by atoms with Gasteiger partial charge in [0.1, 0.15) is 31.1 Å². The van der Waals surface area contributed by atoms with E-state index >= 15 is 0 Å². The van der Waals surface area contributed by atoms with Crippen LogP contribution in [0.4, 0.5) is 0 Å². The highest BCUT2D eigenvalue weighted by atomic mass is 16.6. The lowest BCUT2D eigenvalue weighted by atomic mass is 9.91. The van der Waals surface area contributed by atoms with Crippen LogP contribution in [0.15, 0.2) is 18.2 Å². The van der Waals surface area contributed by atoms with Crippen molar-refractivity contribution in [3.8, 4) is 17.2 Å². The molecule has 0 spiro atoms. The van der Waals surface area contributed by atoms with Gasteiger partial charge in [0.25, 0.3) is 0 Å². The van der Waals surface area contributed by atoms with Crippen molar-refractivity contribution in [3.05, 3.63) is 18.2 Å². The van der Waals surface area contributed by atoms with Crippen molar-refractivity contribution in [3.63, 3.8) is 0 Å². The number of likely N-dealkylation sites (tertiary alicyclic amines) is 1. The van der Waals surface area contributed by atoms with Gasteiger partial charge in [-0.15, -0.1) is 0 Å². The van der Waals surface area contributed by atoms with E-state index in [1.165, 1.54) is 26.2 Å². The molecular formula is C24H33N3O5. The van der Waals surface area contributed by atoms with Gasteiger partial charge in [-0.2, -0.15) is 0 Å². The zero-order valence-electron chi connectivity index (χ0n) is 18.8. The summed E-state index contributed by atoms with van der Waals surface area (Å²) in [6.45, 7) is 6.51. The molecule has 0 radical (unpaired) electrons. The predicted octanol–water partition coefficient (Wildman–Crippen LogP) is 1.91. The predicted molar refractivity (Wildman–Crippen MR) is 118 cm³/mol. The van der Waals surface area contributed by atoms with Crippen LogP contribution < -0.4 is 14.2 Å². The van der Waals surface area contributed by atoms with Gasteiger partial charge in [-0.1, -0.05) is 6.42 Å². The van der Waals surface area contributed by atoms with Crippen LogP contribution >= 0.6 is 0 Å². The van der Waals surface area contributed by atoms with E-state index in [0.717, 1.165) is 32.6 Å². The molecular weight excluding hydrogens is 410 g/mol. The van der Waals surface area contributed by atoms with Gasteiger partial charge in [-0.25, -0.2) is 0 Å². The lowest BCUT2D eigenvalue weighted by Crippen LogP contribution is -2.48. The molecule has 0 N–H and O–H groups in total. The Kier molecular flexibility index (Phi) is 6.13. The highest BCUT2D eigenvalue weighted by Crippen LogP contribution is 2.35. The van der Waals surface area contributed by atoms with Crippen LogP contribution in [0.25, 0.3) is 0 Å². The third-order valence-corrected chi connectivity index (χ3v) is 7.20. The molecule has 32 heavy (non-hydrogen) atoms. The molecule has 1 saturated carbocycles. The Labute approximate surface area is 189 Å². The molecule has 0 bridgehead atoms. The van der Waals surface area contributed by atoms with Gasteiger partial charge >= 0.3 is 0 Å². The summed E-state index contributed by atoms with van der Waals surface area (Å²) >= 11 is 0. The first-order chi connectivity index (χ1) is 15.6. The Hall–Kier alpha value is -2.48. The molecule has 1 aliphatic carbocycles. The minimum atomic E-state index is -0.454. The number of nitrogens with zero attached hydrogens (tertiary/aromatic N) is 3. The van der Waals surface area contributed by atoms with Crippen LogP contribution in [0, 0.1) is 0 Å². The number of rotatable bonds is 4. The second-order valence-corrected chi connectivity index (χ2v) is 9.27. The topological polar surface area (TPSA) is 71.5 Å². The zero-order chi connectivity index (χ0) is 22.1. The SMILES string of the molecule is CC(=O)N1CC(Oc2ccc3c(c2)OCCO3)CC1C(=O)N1CCCN(C2CCC2)CC1. The lowest BCUT2D eigenvalue weighted by Gasteiger charge is -2.36. The van der Waals surface area contributed by atoms with Gasteiger partial charge in [0.15, 0.2) is 11.5 Å². The summed E-state index contributed by atoms with van der Waals surface area (Å²) in [6, 6.07) is 5.77. The van der Waals surface area contributed by atoms with Gasteiger partial charge in [0.05, 0.1) is 6.54 Å². The van der Waals surface area contributed by atoms with Crippen molar-refractivity contribution in [2.75, 3.05) is 45.9 Å². The highest BCUT2D eigenvalue weighted by molar-refractivity contribution is 5.87. The quantitative estimate of drug-likeness (QED) is 0.708. The molecule has 5 rings (SSSR count). The van der Waals surface area contributed by atoms with E-state index in [1.54, 1.807) is 4.90 Å². The molecule has 2 atom stereocenters. The molecule has 8 nitrogen and oxygen atoms in total. The number of carbonyl (C=O) groups is 2. The second-order valence-electron chi connectivity index (χ2n) is 9.27. The number of benzene rings is 1. The minimum Gasteiger partial charge on any atom is -0.488 e. The van der Waals surface area contributed by atoms with E-state index in [4.69, 9.17) is 14.2 Å². The summed E-state index contributed by atoms with van der Waals surface area (Å²) in [5.41, 5.74) is 0. The Morgan fingerprint density at radius 2 is 1.81 bits per heavy atom. The van der Waals surface area contributed by atoms with E-state index in [1.807, 2.05) is 23.1 Å². The Bertz CT molecular complexity index is 858. The maximum absolute atomic E-state index is 13.4. The smallest absolute Gasteiger partial charge is 0.245 e. The number of hydrogen-bond acceptors (Lipinski definition) is 6. The lowest BCUT2D eigenvalue weighted by molar-refractivity contribution is -0.142. The standard InChI is InChI=1S/C24H33N3O5/c1-17(28)27-16-20(32-19-6-7-22-23(15-19)31-13-12-30-22)14-21(27)24(29)26-9-3-8-25(10-11-26)18-4-2-5-18/h6-7,15,18,20-21H,2-5,8-14,16H2,1H3. The summed E-state index contributed by atoms with van der Waals surface area (Å²) in [6.07, 6.45) is 5.17. The molecule has 1 aromatic rings. The monoisotopic (exact) mass is 443 g/mol. The molecule has 4 aliphatic rings. The van der Waals surface area contributed by atoms with Gasteiger partial charge < -0.3 is 24.0 Å². The highest BCUT2D eigenvalue weighted by Gasteiger charge is 2.42. The molecule has 3 aliphatic heterocycles. The van der Waals surface area contributed by atoms with E-state index in [9.17, 15) is 9.59 Å². The first-order valence-electron chi connectivity index (χ1n) is 11.9. The van der Waals surface area contributed by atoms with Crippen LogP contribution in [-0.2, 0) is 9.59 Å². The van der Waals surface area contributed by atoms with Crippen molar-refractivity contribution in [2.24, 2.45) is 0 Å². The van der Waals surface area contributed by atoms with E-state index in [0.29, 0.717) is 49.5 Å². The van der Waals surface area contributed by atoms with Gasteiger partial charge in [-0.3, -0.25) is 14.5 Å². The van der Waals surface area contributed by atoms with Gasteiger partial charge in [0, 0.05) is 51.6 Å². The third kappa shape index (κ3) is 4.37. The third-order valence-electron chi connectivity index (χ3n) is 7.20. The maximum Gasteiger partial charge on any atom is 0.245 e. The number of ether oxygens (including phenoxy) is 3. The van der Waals surface area contributed by atoms with Crippen LogP contribution in [0.2, 0.25) is 0 Å². The fraction of sp³-hybridized carbons (Fsp3) is 0.667. The van der Waals surface area contributed by atoms with Gasteiger partial charge in [0.2, 0.25) is 11.8 Å². The average molecular weight is 444 g/mol. The molecule has 3 fully saturated rings. The molecule has 2 amide bonds. The van der Waals surface area contributed by atoms with E-state index in [2.05, 4.69) is 4.90 Å². The number of hydrogen-bond donors (Lipinski definition) is 0. The molecule has 0 aromatic heterocycles. The molecule has 2 unspecified atom stereocenters. The maximum atomic E-state index is 13.4. The summed E-state index contributed by atoms with van der Waals surface area (Å²) < 4.78 is 17.4. The van der Waals surface area contributed by atoms with Crippen molar-refractivity contribution in [1.29, 1.82) is 0 Å². The number of carbonyl (C=O) groups excluding carboxylic acids is 2. The first kappa shape index (κ1) is 21.4. The van der Waals surface area contributed by atoms with Crippen molar-refractivity contribution in [1.82, 2.24) is 14.7 Å². The Balaban J connectivity index is 1.23. The average Bonchev–Trinajstić information content (AvgIpc) is 3.03. The Morgan fingerprint density at radius 3 is 2.56 bits per heavy atom. The normalized spacial score (nSPS) is 26.4. The van der Waals surface area contributed by atoms with E-state index in [-0.39, 0.29) is 17.9 Å². The summed E-state index contributed by atoms with van der Waals surface area (Å²) in [5, 5.41) is 0. The molecule has 3 heterocycles. The Morgan fingerprint density at radius 1 is 1.00 bits per heavy atom. The fourth-order valence-corrected chi connectivity index (χ4v) is 5.24. The summed E-state index contributed by atoms with van der Waals surface area (Å²) in [5.74, 6) is 2.03. The van der Waals surface area contributed by atoms with Crippen molar-refractivity contribution in [2.45, 2.75) is 57.2 Å². The summed E-state index contributed by atoms with van der Waals surface area (Å²) in [4.78, 5) is 32.0. The minimum absolute atomic E-state index is 0.0592. The van der Waals surface area contributed by atoms with Crippen LogP contribution in [-0.4, -0.2) is 90.6 Å². The molecule has 174 valence electrons.